The molecular formula is C23H31FN4O2. The van der Waals surface area contributed by atoms with E-state index in [4.69, 9.17) is 10.8 Å². The molecule has 2 aromatic rings. The molecular weight excluding hydrogens is 383 g/mol. The van der Waals surface area contributed by atoms with Crippen LogP contribution in [0, 0.1) is 18.2 Å². The molecule has 4 rings (SSSR count). The summed E-state index contributed by atoms with van der Waals surface area (Å²) in [6, 6.07) is 2.83. The zero-order valence-electron chi connectivity index (χ0n) is 18.0. The summed E-state index contributed by atoms with van der Waals surface area (Å²) in [5.74, 6) is -1.50. The van der Waals surface area contributed by atoms with E-state index in [2.05, 4.69) is 19.2 Å². The van der Waals surface area contributed by atoms with Crippen LogP contribution < -0.4 is 11.1 Å². The number of anilines is 1. The van der Waals surface area contributed by atoms with Gasteiger partial charge in [0.2, 0.25) is 0 Å². The van der Waals surface area contributed by atoms with Crippen LogP contribution in [0.4, 0.5) is 10.1 Å². The SMILES string of the molecule is Cc1nn(-c2cc(F)c(C(N)=O)c(N[C@H]3CCCC[C@@H]3O)c2)c2c1CCC(C)(C)C2. The van der Waals surface area contributed by atoms with E-state index < -0.39 is 17.8 Å². The van der Waals surface area contributed by atoms with E-state index in [1.807, 2.05) is 11.6 Å². The molecule has 1 amide bonds. The third kappa shape index (κ3) is 3.83. The van der Waals surface area contributed by atoms with Gasteiger partial charge in [-0.15, -0.1) is 0 Å². The smallest absolute Gasteiger partial charge is 0.253 e. The van der Waals surface area contributed by atoms with E-state index in [0.717, 1.165) is 49.9 Å². The van der Waals surface area contributed by atoms with Crippen molar-refractivity contribution in [2.75, 3.05) is 5.32 Å². The topological polar surface area (TPSA) is 93.2 Å². The molecule has 2 aliphatic rings. The molecule has 2 aliphatic carbocycles. The average Bonchev–Trinajstić information content (AvgIpc) is 2.97. The number of halogens is 1. The third-order valence-corrected chi connectivity index (χ3v) is 6.62. The molecule has 1 aromatic carbocycles. The minimum absolute atomic E-state index is 0.149. The Bertz CT molecular complexity index is 982. The zero-order chi connectivity index (χ0) is 21.6. The van der Waals surface area contributed by atoms with Crippen molar-refractivity contribution in [1.29, 1.82) is 0 Å². The number of hydrogen-bond donors (Lipinski definition) is 3. The number of primary amides is 1. The van der Waals surface area contributed by atoms with E-state index in [1.54, 1.807) is 6.07 Å². The van der Waals surface area contributed by atoms with Crippen LogP contribution in [0.2, 0.25) is 0 Å². The van der Waals surface area contributed by atoms with Gasteiger partial charge in [-0.3, -0.25) is 4.79 Å². The predicted molar refractivity (Wildman–Crippen MR) is 114 cm³/mol. The highest BCUT2D eigenvalue weighted by Crippen LogP contribution is 2.37. The Morgan fingerprint density at radius 1 is 1.33 bits per heavy atom. The molecule has 30 heavy (non-hydrogen) atoms. The molecule has 1 aromatic heterocycles. The second-order valence-electron chi connectivity index (χ2n) is 9.58. The third-order valence-electron chi connectivity index (χ3n) is 6.62. The van der Waals surface area contributed by atoms with Crippen LogP contribution in [-0.4, -0.2) is 32.9 Å². The van der Waals surface area contributed by atoms with Crippen LogP contribution >= 0.6 is 0 Å². The standard InChI is InChI=1S/C23H31FN4O2/c1-13-15-8-9-23(2,3)12-19(15)28(27-13)14-10-16(24)21(22(25)30)18(11-14)26-17-6-4-5-7-20(17)29/h10-11,17,20,26,29H,4-9,12H2,1-3H3,(H2,25,30)/t17-,20-/m0/s1. The van der Waals surface area contributed by atoms with Crippen molar-refractivity contribution in [2.45, 2.75) is 77.9 Å². The lowest BCUT2D eigenvalue weighted by Crippen LogP contribution is -2.37. The lowest BCUT2D eigenvalue weighted by atomic mass is 9.76. The first-order valence-corrected chi connectivity index (χ1v) is 10.8. The van der Waals surface area contributed by atoms with Gasteiger partial charge in [0, 0.05) is 11.8 Å². The van der Waals surface area contributed by atoms with Gasteiger partial charge in [0.1, 0.15) is 5.82 Å². The van der Waals surface area contributed by atoms with Gasteiger partial charge in [-0.25, -0.2) is 9.07 Å². The second kappa shape index (κ2) is 7.69. The van der Waals surface area contributed by atoms with E-state index in [9.17, 15) is 9.90 Å². The summed E-state index contributed by atoms with van der Waals surface area (Å²) in [5, 5.41) is 18.3. The molecule has 6 nitrogen and oxygen atoms in total. The van der Waals surface area contributed by atoms with Gasteiger partial charge in [0.25, 0.3) is 5.91 Å². The Labute approximate surface area is 176 Å². The molecule has 4 N–H and O–H groups in total. The number of aromatic nitrogens is 2. The van der Waals surface area contributed by atoms with Crippen molar-refractivity contribution in [3.63, 3.8) is 0 Å². The van der Waals surface area contributed by atoms with E-state index in [-0.39, 0.29) is 17.0 Å². The first kappa shape index (κ1) is 20.8. The Kier molecular flexibility index (Phi) is 5.34. The quantitative estimate of drug-likeness (QED) is 0.712. The fourth-order valence-electron chi connectivity index (χ4n) is 4.89. The average molecular weight is 415 g/mol. The number of aliphatic hydroxyl groups is 1. The number of nitrogens with one attached hydrogen (secondary N) is 1. The molecule has 0 saturated heterocycles. The van der Waals surface area contributed by atoms with Gasteiger partial charge in [0.15, 0.2) is 0 Å². The van der Waals surface area contributed by atoms with Crippen LogP contribution in [0.3, 0.4) is 0 Å². The molecule has 162 valence electrons. The molecule has 1 heterocycles. The first-order chi connectivity index (χ1) is 14.2. The minimum atomic E-state index is -0.827. The molecule has 0 spiro atoms. The van der Waals surface area contributed by atoms with Crippen molar-refractivity contribution in [3.8, 4) is 5.69 Å². The summed E-state index contributed by atoms with van der Waals surface area (Å²) >= 11 is 0. The number of carbonyl (C=O) groups is 1. The lowest BCUT2D eigenvalue weighted by Gasteiger charge is -2.31. The van der Waals surface area contributed by atoms with Crippen molar-refractivity contribution in [1.82, 2.24) is 9.78 Å². The summed E-state index contributed by atoms with van der Waals surface area (Å²) < 4.78 is 16.9. The van der Waals surface area contributed by atoms with Crippen LogP contribution in [-0.2, 0) is 12.8 Å². The van der Waals surface area contributed by atoms with Gasteiger partial charge in [-0.1, -0.05) is 26.7 Å². The minimum Gasteiger partial charge on any atom is -0.391 e. The fraction of sp³-hybridized carbons (Fsp3) is 0.565. The van der Waals surface area contributed by atoms with Crippen molar-refractivity contribution < 1.29 is 14.3 Å². The van der Waals surface area contributed by atoms with E-state index >= 15 is 4.39 Å². The Morgan fingerprint density at radius 3 is 2.77 bits per heavy atom. The van der Waals surface area contributed by atoms with Gasteiger partial charge < -0.3 is 16.2 Å². The summed E-state index contributed by atoms with van der Waals surface area (Å²) in [5.41, 5.74) is 9.63. The Hall–Kier alpha value is -2.41. The summed E-state index contributed by atoms with van der Waals surface area (Å²) in [7, 11) is 0. The second-order valence-corrected chi connectivity index (χ2v) is 9.58. The number of aliphatic hydroxyl groups excluding tert-OH is 1. The lowest BCUT2D eigenvalue weighted by molar-refractivity contribution is 0.0995. The molecule has 1 saturated carbocycles. The monoisotopic (exact) mass is 414 g/mol. The molecule has 0 bridgehead atoms. The Balaban J connectivity index is 1.79. The molecule has 1 fully saturated rings. The number of nitrogens with two attached hydrogens (primary N) is 1. The molecule has 2 atom stereocenters. The fourth-order valence-corrected chi connectivity index (χ4v) is 4.89. The number of nitrogens with zero attached hydrogens (tertiary/aromatic N) is 2. The van der Waals surface area contributed by atoms with Crippen molar-refractivity contribution >= 4 is 11.6 Å². The molecule has 0 radical (unpaired) electrons. The normalized spacial score (nSPS) is 23.1. The zero-order valence-corrected chi connectivity index (χ0v) is 18.0. The molecule has 7 heteroatoms. The van der Waals surface area contributed by atoms with E-state index in [1.165, 1.54) is 11.6 Å². The first-order valence-electron chi connectivity index (χ1n) is 10.8. The maximum atomic E-state index is 15.0. The summed E-state index contributed by atoms with van der Waals surface area (Å²) in [6.45, 7) is 6.45. The maximum Gasteiger partial charge on any atom is 0.253 e. The highest BCUT2D eigenvalue weighted by atomic mass is 19.1. The number of carbonyl (C=O) groups excluding carboxylic acids is 1. The number of hydrogen-bond acceptors (Lipinski definition) is 4. The summed E-state index contributed by atoms with van der Waals surface area (Å²) in [6.07, 6.45) is 5.75. The predicted octanol–water partition coefficient (Wildman–Crippen LogP) is 3.65. The summed E-state index contributed by atoms with van der Waals surface area (Å²) in [4.78, 5) is 12.0. The number of amides is 1. The number of benzene rings is 1. The molecule has 0 unspecified atom stereocenters. The van der Waals surface area contributed by atoms with Gasteiger partial charge in [-0.2, -0.15) is 5.10 Å². The van der Waals surface area contributed by atoms with Gasteiger partial charge in [-0.05, 0) is 56.1 Å². The number of rotatable bonds is 4. The van der Waals surface area contributed by atoms with Crippen LogP contribution in [0.5, 0.6) is 0 Å². The Morgan fingerprint density at radius 2 is 2.07 bits per heavy atom. The number of aryl methyl sites for hydroxylation is 1. The maximum absolute atomic E-state index is 15.0. The van der Waals surface area contributed by atoms with Crippen molar-refractivity contribution in [2.24, 2.45) is 11.1 Å². The highest BCUT2D eigenvalue weighted by molar-refractivity contribution is 5.99. The van der Waals surface area contributed by atoms with Crippen LogP contribution in [0.15, 0.2) is 12.1 Å². The molecule has 0 aliphatic heterocycles. The highest BCUT2D eigenvalue weighted by Gasteiger charge is 2.31. The van der Waals surface area contributed by atoms with Crippen LogP contribution in [0.1, 0.15) is 73.3 Å². The number of fused-ring (bicyclic) bond motifs is 1. The van der Waals surface area contributed by atoms with E-state index in [0.29, 0.717) is 17.8 Å². The van der Waals surface area contributed by atoms with Gasteiger partial charge >= 0.3 is 0 Å². The van der Waals surface area contributed by atoms with Crippen molar-refractivity contribution in [3.05, 3.63) is 40.5 Å². The largest absolute Gasteiger partial charge is 0.391 e. The van der Waals surface area contributed by atoms with Gasteiger partial charge in [0.05, 0.1) is 34.8 Å². The van der Waals surface area contributed by atoms with Crippen LogP contribution in [0.25, 0.3) is 5.69 Å².